The zero-order valence-corrected chi connectivity index (χ0v) is 13.7. The van der Waals surface area contributed by atoms with E-state index >= 15 is 0 Å². The maximum absolute atomic E-state index is 11.8. The second-order valence-electron chi connectivity index (χ2n) is 4.89. The Bertz CT molecular complexity index is 722. The number of hydrogen-bond donors (Lipinski definition) is 2. The second kappa shape index (κ2) is 8.17. The summed E-state index contributed by atoms with van der Waals surface area (Å²) >= 11 is 0. The zero-order chi connectivity index (χ0) is 16.7. The van der Waals surface area contributed by atoms with Crippen LogP contribution in [-0.4, -0.2) is 36.0 Å². The number of benzene rings is 1. The molecule has 0 fully saturated rings. The Kier molecular flexibility index (Phi) is 6.24. The van der Waals surface area contributed by atoms with Crippen LogP contribution < -0.4 is 5.32 Å². The summed E-state index contributed by atoms with van der Waals surface area (Å²) in [7, 11) is -2.84. The van der Waals surface area contributed by atoms with Gasteiger partial charge in [0.25, 0.3) is 0 Å². The van der Waals surface area contributed by atoms with Gasteiger partial charge in [0.1, 0.15) is 0 Å². The van der Waals surface area contributed by atoms with E-state index in [1.54, 1.807) is 6.20 Å². The van der Waals surface area contributed by atoms with E-state index in [2.05, 4.69) is 19.3 Å². The van der Waals surface area contributed by atoms with Gasteiger partial charge in [0.15, 0.2) is 0 Å². The van der Waals surface area contributed by atoms with Crippen LogP contribution in [-0.2, 0) is 24.8 Å². The summed E-state index contributed by atoms with van der Waals surface area (Å²) in [6, 6.07) is 9.70. The van der Waals surface area contributed by atoms with Crippen molar-refractivity contribution in [3.05, 3.63) is 42.2 Å². The fourth-order valence-corrected chi connectivity index (χ4v) is 2.45. The van der Waals surface area contributed by atoms with Gasteiger partial charge in [-0.15, -0.1) is 0 Å². The van der Waals surface area contributed by atoms with Crippen molar-refractivity contribution in [3.8, 4) is 0 Å². The number of phosphoric ester groups is 1. The molecule has 0 aliphatic heterocycles. The third-order valence-electron chi connectivity index (χ3n) is 3.16. The molecule has 1 atom stereocenters. The Hall–Kier alpha value is -1.79. The normalized spacial score (nSPS) is 13.7. The molecule has 0 saturated carbocycles. The molecule has 0 spiro atoms. The van der Waals surface area contributed by atoms with Crippen LogP contribution >= 0.6 is 7.82 Å². The SMILES string of the molecule is COP(=O)(O)OCCCNC(=O)Cc1cc2ccccc2cn1. The molecule has 1 aromatic heterocycles. The van der Waals surface area contributed by atoms with Gasteiger partial charge in [-0.2, -0.15) is 0 Å². The lowest BCUT2D eigenvalue weighted by Gasteiger charge is -2.09. The third-order valence-corrected chi connectivity index (χ3v) is 4.13. The van der Waals surface area contributed by atoms with E-state index in [1.165, 1.54) is 0 Å². The summed E-state index contributed by atoms with van der Waals surface area (Å²) in [5, 5.41) is 4.78. The van der Waals surface area contributed by atoms with E-state index in [9.17, 15) is 9.36 Å². The molecule has 23 heavy (non-hydrogen) atoms. The summed E-state index contributed by atoms with van der Waals surface area (Å²) < 4.78 is 20.0. The highest BCUT2D eigenvalue weighted by molar-refractivity contribution is 7.47. The van der Waals surface area contributed by atoms with Gasteiger partial charge in [0.2, 0.25) is 5.91 Å². The molecule has 0 radical (unpaired) electrons. The largest absolute Gasteiger partial charge is 0.471 e. The van der Waals surface area contributed by atoms with Crippen molar-refractivity contribution < 1.29 is 23.3 Å². The van der Waals surface area contributed by atoms with Crippen molar-refractivity contribution in [2.75, 3.05) is 20.3 Å². The average molecular weight is 338 g/mol. The van der Waals surface area contributed by atoms with Crippen molar-refractivity contribution in [2.45, 2.75) is 12.8 Å². The zero-order valence-electron chi connectivity index (χ0n) is 12.8. The standard InChI is InChI=1S/C15H19N2O5P/c1-21-23(19,20)22-8-4-7-16-15(18)10-14-9-12-5-2-3-6-13(12)11-17-14/h2-3,5-6,9,11H,4,7-8,10H2,1H3,(H,16,18)(H,19,20). The minimum Gasteiger partial charge on any atom is -0.356 e. The van der Waals surface area contributed by atoms with E-state index in [0.717, 1.165) is 17.9 Å². The summed E-state index contributed by atoms with van der Waals surface area (Å²) in [5.41, 5.74) is 0.691. The fourth-order valence-electron chi connectivity index (χ4n) is 1.99. The van der Waals surface area contributed by atoms with E-state index in [0.29, 0.717) is 18.7 Å². The van der Waals surface area contributed by atoms with Gasteiger partial charge in [-0.25, -0.2) is 4.57 Å². The Morgan fingerprint density at radius 1 is 1.35 bits per heavy atom. The maximum Gasteiger partial charge on any atom is 0.471 e. The van der Waals surface area contributed by atoms with E-state index in [1.807, 2.05) is 30.3 Å². The van der Waals surface area contributed by atoms with Crippen LogP contribution in [0, 0.1) is 0 Å². The van der Waals surface area contributed by atoms with Gasteiger partial charge in [0.05, 0.1) is 18.7 Å². The highest BCUT2D eigenvalue weighted by Gasteiger charge is 2.17. The van der Waals surface area contributed by atoms with Crippen molar-refractivity contribution in [1.82, 2.24) is 10.3 Å². The van der Waals surface area contributed by atoms with Crippen LogP contribution in [0.3, 0.4) is 0 Å². The number of fused-ring (bicyclic) bond motifs is 1. The van der Waals surface area contributed by atoms with Gasteiger partial charge < -0.3 is 10.2 Å². The lowest BCUT2D eigenvalue weighted by Crippen LogP contribution is -2.27. The summed E-state index contributed by atoms with van der Waals surface area (Å²) in [5.74, 6) is -0.160. The molecule has 2 aromatic rings. The summed E-state index contributed by atoms with van der Waals surface area (Å²) in [4.78, 5) is 25.1. The number of hydrogen-bond acceptors (Lipinski definition) is 5. The number of nitrogens with one attached hydrogen (secondary N) is 1. The molecule has 7 nitrogen and oxygen atoms in total. The van der Waals surface area contributed by atoms with Crippen LogP contribution in [0.25, 0.3) is 10.8 Å². The Morgan fingerprint density at radius 3 is 2.83 bits per heavy atom. The first-order chi connectivity index (χ1) is 11.0. The van der Waals surface area contributed by atoms with Crippen LogP contribution in [0.4, 0.5) is 0 Å². The molecule has 1 aromatic carbocycles. The summed E-state index contributed by atoms with van der Waals surface area (Å²) in [6.07, 6.45) is 2.34. The number of amides is 1. The van der Waals surface area contributed by atoms with Crippen LogP contribution in [0.2, 0.25) is 0 Å². The first-order valence-electron chi connectivity index (χ1n) is 7.13. The first kappa shape index (κ1) is 17.6. The van der Waals surface area contributed by atoms with Crippen molar-refractivity contribution in [3.63, 3.8) is 0 Å². The lowest BCUT2D eigenvalue weighted by molar-refractivity contribution is -0.120. The molecule has 124 valence electrons. The molecule has 0 aliphatic carbocycles. The Balaban J connectivity index is 1.75. The number of aromatic nitrogens is 1. The van der Waals surface area contributed by atoms with Crippen LogP contribution in [0.1, 0.15) is 12.1 Å². The van der Waals surface area contributed by atoms with Crippen LogP contribution in [0.5, 0.6) is 0 Å². The third kappa shape index (κ3) is 5.73. The second-order valence-corrected chi connectivity index (χ2v) is 6.45. The lowest BCUT2D eigenvalue weighted by atomic mass is 10.1. The molecule has 1 amide bonds. The minimum atomic E-state index is -3.94. The molecule has 1 unspecified atom stereocenters. The molecule has 0 bridgehead atoms. The predicted octanol–water partition coefficient (Wildman–Crippen LogP) is 2.05. The molecule has 8 heteroatoms. The van der Waals surface area contributed by atoms with Gasteiger partial charge in [-0.05, 0) is 17.9 Å². The van der Waals surface area contributed by atoms with Gasteiger partial charge in [-0.3, -0.25) is 18.8 Å². The van der Waals surface area contributed by atoms with Crippen molar-refractivity contribution >= 4 is 24.5 Å². The Labute approximate surface area is 134 Å². The van der Waals surface area contributed by atoms with Crippen molar-refractivity contribution in [1.29, 1.82) is 0 Å². The number of carbonyl (C=O) groups excluding carboxylic acids is 1. The molecule has 0 aliphatic rings. The monoisotopic (exact) mass is 338 g/mol. The van der Waals surface area contributed by atoms with E-state index in [-0.39, 0.29) is 18.9 Å². The molecular formula is C15H19N2O5P. The number of carbonyl (C=O) groups is 1. The fraction of sp³-hybridized carbons (Fsp3) is 0.333. The molecule has 2 rings (SSSR count). The highest BCUT2D eigenvalue weighted by atomic mass is 31.2. The summed E-state index contributed by atoms with van der Waals surface area (Å²) in [6.45, 7) is 0.367. The number of nitrogens with zero attached hydrogens (tertiary/aromatic N) is 1. The van der Waals surface area contributed by atoms with Crippen LogP contribution in [0.15, 0.2) is 36.5 Å². The first-order valence-corrected chi connectivity index (χ1v) is 8.63. The maximum atomic E-state index is 11.8. The number of pyridine rings is 1. The molecule has 1 heterocycles. The highest BCUT2D eigenvalue weighted by Crippen LogP contribution is 2.41. The van der Waals surface area contributed by atoms with Gasteiger partial charge in [-0.1, -0.05) is 24.3 Å². The van der Waals surface area contributed by atoms with Gasteiger partial charge >= 0.3 is 7.82 Å². The smallest absolute Gasteiger partial charge is 0.356 e. The average Bonchev–Trinajstić information content (AvgIpc) is 2.54. The number of phosphoric acid groups is 1. The van der Waals surface area contributed by atoms with E-state index in [4.69, 9.17) is 4.89 Å². The Morgan fingerprint density at radius 2 is 2.09 bits per heavy atom. The molecular weight excluding hydrogens is 319 g/mol. The topological polar surface area (TPSA) is 97.8 Å². The molecule has 2 N–H and O–H groups in total. The number of rotatable bonds is 8. The minimum absolute atomic E-state index is 0.0239. The quantitative estimate of drug-likeness (QED) is 0.565. The van der Waals surface area contributed by atoms with E-state index < -0.39 is 7.82 Å². The molecule has 0 saturated heterocycles. The van der Waals surface area contributed by atoms with Crippen molar-refractivity contribution in [2.24, 2.45) is 0 Å². The predicted molar refractivity (Wildman–Crippen MR) is 85.9 cm³/mol. The van der Waals surface area contributed by atoms with Gasteiger partial charge in [0, 0.05) is 25.2 Å².